The van der Waals surface area contributed by atoms with Gasteiger partial charge in [-0.1, -0.05) is 13.3 Å². The lowest BCUT2D eigenvalue weighted by molar-refractivity contribution is 0.425. The molecular weight excluding hydrogens is 285 g/mol. The molecule has 0 aliphatic rings. The lowest BCUT2D eigenvalue weighted by atomic mass is 10.1. The van der Waals surface area contributed by atoms with E-state index in [1.54, 1.807) is 12.3 Å². The molecule has 0 bridgehead atoms. The third-order valence-corrected chi connectivity index (χ3v) is 4.11. The average Bonchev–Trinajstić information content (AvgIpc) is 2.80. The quantitative estimate of drug-likeness (QED) is 0.900. The molecule has 0 atom stereocenters. The first-order chi connectivity index (χ1) is 9.90. The number of nitrogens with zero attached hydrogens (tertiary/aromatic N) is 2. The second kappa shape index (κ2) is 6.62. The van der Waals surface area contributed by atoms with Gasteiger partial charge >= 0.3 is 0 Å². The van der Waals surface area contributed by atoms with Crippen molar-refractivity contribution in [2.24, 2.45) is 0 Å². The molecule has 5 heteroatoms. The van der Waals surface area contributed by atoms with E-state index < -0.39 is 0 Å². The third kappa shape index (κ3) is 4.32. The summed E-state index contributed by atoms with van der Waals surface area (Å²) < 4.78 is 13.9. The highest BCUT2D eigenvalue weighted by atomic mass is 32.1. The number of aryl methyl sites for hydroxylation is 1. The summed E-state index contributed by atoms with van der Waals surface area (Å²) in [6.07, 6.45) is 3.54. The van der Waals surface area contributed by atoms with Gasteiger partial charge in [-0.2, -0.15) is 0 Å². The minimum Gasteiger partial charge on any atom is -0.307 e. The molecule has 0 aliphatic heterocycles. The number of hydrogen-bond donors (Lipinski definition) is 1. The van der Waals surface area contributed by atoms with Crippen LogP contribution in [0.4, 0.5) is 4.39 Å². The van der Waals surface area contributed by atoms with Crippen LogP contribution in [-0.2, 0) is 13.0 Å². The summed E-state index contributed by atoms with van der Waals surface area (Å²) in [5.41, 5.74) is 1.45. The maximum Gasteiger partial charge on any atom is 0.151 e. The normalized spacial score (nSPS) is 11.9. The fourth-order valence-corrected chi connectivity index (χ4v) is 2.99. The maximum absolute atomic E-state index is 13.9. The number of aromatic nitrogens is 2. The Hall–Kier alpha value is -1.33. The van der Waals surface area contributed by atoms with Gasteiger partial charge in [0.05, 0.1) is 5.69 Å². The van der Waals surface area contributed by atoms with Crippen LogP contribution in [0.5, 0.6) is 0 Å². The van der Waals surface area contributed by atoms with E-state index in [4.69, 9.17) is 0 Å². The van der Waals surface area contributed by atoms with E-state index in [1.807, 2.05) is 0 Å². The van der Waals surface area contributed by atoms with Gasteiger partial charge in [0, 0.05) is 23.2 Å². The Morgan fingerprint density at radius 3 is 2.71 bits per heavy atom. The summed E-state index contributed by atoms with van der Waals surface area (Å²) in [4.78, 5) is 9.91. The molecule has 114 valence electrons. The predicted octanol–water partition coefficient (Wildman–Crippen LogP) is 4.18. The van der Waals surface area contributed by atoms with Crippen LogP contribution in [0.1, 0.15) is 44.7 Å². The molecule has 0 saturated heterocycles. The standard InChI is InChI=1S/C16H22FN3S/c1-5-7-12-13(10-19-16(2,3)4)21-15(20-12)14-11(17)8-6-9-18-14/h6,8-9,19H,5,7,10H2,1-4H3. The molecular formula is C16H22FN3S. The van der Waals surface area contributed by atoms with Gasteiger partial charge in [0.1, 0.15) is 10.7 Å². The van der Waals surface area contributed by atoms with Gasteiger partial charge in [0.15, 0.2) is 5.82 Å². The van der Waals surface area contributed by atoms with E-state index in [0.29, 0.717) is 10.7 Å². The van der Waals surface area contributed by atoms with Gasteiger partial charge in [0.25, 0.3) is 0 Å². The first-order valence-corrected chi connectivity index (χ1v) is 8.07. The molecule has 21 heavy (non-hydrogen) atoms. The molecule has 2 rings (SSSR count). The van der Waals surface area contributed by atoms with E-state index in [-0.39, 0.29) is 11.4 Å². The van der Waals surface area contributed by atoms with Crippen molar-refractivity contribution in [2.45, 2.75) is 52.6 Å². The number of thiazole rings is 1. The Labute approximate surface area is 129 Å². The number of nitrogens with one attached hydrogen (secondary N) is 1. The van der Waals surface area contributed by atoms with Crippen molar-refractivity contribution in [1.29, 1.82) is 0 Å². The minimum atomic E-state index is -0.315. The molecule has 0 aliphatic carbocycles. The predicted molar refractivity (Wildman–Crippen MR) is 85.9 cm³/mol. The van der Waals surface area contributed by atoms with E-state index in [9.17, 15) is 4.39 Å². The second-order valence-corrected chi connectivity index (χ2v) is 7.16. The van der Waals surface area contributed by atoms with Crippen molar-refractivity contribution in [2.75, 3.05) is 0 Å². The molecule has 0 amide bonds. The van der Waals surface area contributed by atoms with Crippen LogP contribution in [0.15, 0.2) is 18.3 Å². The summed E-state index contributed by atoms with van der Waals surface area (Å²) in [5, 5.41) is 4.14. The number of pyridine rings is 1. The van der Waals surface area contributed by atoms with Crippen molar-refractivity contribution in [3.63, 3.8) is 0 Å². The lowest BCUT2D eigenvalue weighted by Crippen LogP contribution is -2.35. The highest BCUT2D eigenvalue weighted by molar-refractivity contribution is 7.15. The Bertz CT molecular complexity index is 602. The summed E-state index contributed by atoms with van der Waals surface area (Å²) in [6, 6.07) is 3.03. The van der Waals surface area contributed by atoms with E-state index in [0.717, 1.165) is 25.1 Å². The zero-order valence-corrected chi connectivity index (χ0v) is 13.9. The van der Waals surface area contributed by atoms with Gasteiger partial charge in [-0.05, 0) is 39.3 Å². The van der Waals surface area contributed by atoms with Gasteiger partial charge in [-0.25, -0.2) is 9.37 Å². The topological polar surface area (TPSA) is 37.8 Å². The zero-order valence-electron chi connectivity index (χ0n) is 13.0. The Morgan fingerprint density at radius 1 is 1.33 bits per heavy atom. The van der Waals surface area contributed by atoms with E-state index in [1.165, 1.54) is 22.3 Å². The Balaban J connectivity index is 2.30. The SMILES string of the molecule is CCCc1nc(-c2ncccc2F)sc1CNC(C)(C)C. The molecule has 1 N–H and O–H groups in total. The monoisotopic (exact) mass is 307 g/mol. The molecule has 2 aromatic rings. The highest BCUT2D eigenvalue weighted by Gasteiger charge is 2.17. The van der Waals surface area contributed by atoms with E-state index in [2.05, 4.69) is 43.0 Å². The largest absolute Gasteiger partial charge is 0.307 e. The van der Waals surface area contributed by atoms with Crippen molar-refractivity contribution >= 4 is 11.3 Å². The first-order valence-electron chi connectivity index (χ1n) is 7.25. The van der Waals surface area contributed by atoms with Crippen molar-refractivity contribution in [3.8, 4) is 10.7 Å². The van der Waals surface area contributed by atoms with Crippen LogP contribution in [0, 0.1) is 5.82 Å². The maximum atomic E-state index is 13.9. The van der Waals surface area contributed by atoms with Crippen LogP contribution in [0.25, 0.3) is 10.7 Å². The number of rotatable bonds is 5. The van der Waals surface area contributed by atoms with Crippen LogP contribution < -0.4 is 5.32 Å². The van der Waals surface area contributed by atoms with Crippen molar-refractivity contribution < 1.29 is 4.39 Å². The van der Waals surface area contributed by atoms with Crippen molar-refractivity contribution in [3.05, 3.63) is 34.7 Å². The van der Waals surface area contributed by atoms with Gasteiger partial charge in [0.2, 0.25) is 0 Å². The average molecular weight is 307 g/mol. The molecule has 0 saturated carbocycles. The number of halogens is 1. The second-order valence-electron chi connectivity index (χ2n) is 6.08. The zero-order chi connectivity index (χ0) is 15.5. The van der Waals surface area contributed by atoms with Crippen molar-refractivity contribution in [1.82, 2.24) is 15.3 Å². The molecule has 0 radical (unpaired) electrons. The fraction of sp³-hybridized carbons (Fsp3) is 0.500. The lowest BCUT2D eigenvalue weighted by Gasteiger charge is -2.20. The van der Waals surface area contributed by atoms with Crippen LogP contribution >= 0.6 is 11.3 Å². The molecule has 3 nitrogen and oxygen atoms in total. The summed E-state index contributed by atoms with van der Waals surface area (Å²) in [5.74, 6) is -0.315. The first kappa shape index (κ1) is 16.0. The summed E-state index contributed by atoms with van der Waals surface area (Å²) >= 11 is 1.53. The molecule has 2 aromatic heterocycles. The molecule has 0 aromatic carbocycles. The summed E-state index contributed by atoms with van der Waals surface area (Å²) in [7, 11) is 0. The highest BCUT2D eigenvalue weighted by Crippen LogP contribution is 2.29. The molecule has 0 fully saturated rings. The van der Waals surface area contributed by atoms with Crippen LogP contribution in [0.2, 0.25) is 0 Å². The smallest absolute Gasteiger partial charge is 0.151 e. The minimum absolute atomic E-state index is 0.0455. The third-order valence-electron chi connectivity index (χ3n) is 3.01. The van der Waals surface area contributed by atoms with E-state index >= 15 is 0 Å². The molecule has 0 spiro atoms. The van der Waals surface area contributed by atoms with Crippen LogP contribution in [0.3, 0.4) is 0 Å². The van der Waals surface area contributed by atoms with Gasteiger partial charge in [-0.3, -0.25) is 4.98 Å². The van der Waals surface area contributed by atoms with Crippen LogP contribution in [-0.4, -0.2) is 15.5 Å². The fourth-order valence-electron chi connectivity index (χ4n) is 1.94. The molecule has 0 unspecified atom stereocenters. The Kier molecular flexibility index (Phi) is 5.06. The van der Waals surface area contributed by atoms with Gasteiger partial charge < -0.3 is 5.32 Å². The van der Waals surface area contributed by atoms with Gasteiger partial charge in [-0.15, -0.1) is 11.3 Å². The Morgan fingerprint density at radius 2 is 2.10 bits per heavy atom. The molecule has 2 heterocycles. The number of hydrogen-bond acceptors (Lipinski definition) is 4. The summed E-state index contributed by atoms with van der Waals surface area (Å²) in [6.45, 7) is 9.28.